The minimum atomic E-state index is 0.926. The van der Waals surface area contributed by atoms with Gasteiger partial charge in [-0.05, 0) is 112 Å². The smallest absolute Gasteiger partial charge is 0.145 e. The van der Waals surface area contributed by atoms with Crippen molar-refractivity contribution in [3.05, 3.63) is 231 Å². The van der Waals surface area contributed by atoms with Crippen molar-refractivity contribution < 1.29 is 0 Å². The van der Waals surface area contributed by atoms with Crippen molar-refractivity contribution in [3.8, 4) is 45.3 Å². The molecule has 0 bridgehead atoms. The summed E-state index contributed by atoms with van der Waals surface area (Å²) in [6, 6.07) is 84.4. The molecule has 0 aliphatic carbocycles. The van der Waals surface area contributed by atoms with Gasteiger partial charge < -0.3 is 0 Å². The first-order valence-corrected chi connectivity index (χ1v) is 24.1. The van der Waals surface area contributed by atoms with Crippen molar-refractivity contribution in [1.29, 1.82) is 0 Å². The molecule has 2 heterocycles. The van der Waals surface area contributed by atoms with Crippen LogP contribution in [0.2, 0.25) is 0 Å². The molecule has 4 heteroatoms. The maximum Gasteiger partial charge on any atom is 0.145 e. The summed E-state index contributed by atoms with van der Waals surface area (Å²) in [5, 5.41) is 19.6. The average molecular weight is 887 g/mol. The number of rotatable bonds is 5. The highest BCUT2D eigenvalue weighted by molar-refractivity contribution is 6.34. The lowest BCUT2D eigenvalue weighted by Crippen LogP contribution is -1.99. The molecule has 0 unspecified atom stereocenters. The van der Waals surface area contributed by atoms with Crippen molar-refractivity contribution >= 4 is 108 Å². The molecule has 0 aliphatic heterocycles. The van der Waals surface area contributed by atoms with E-state index >= 15 is 0 Å². The van der Waals surface area contributed by atoms with E-state index in [4.69, 9.17) is 9.97 Å². The van der Waals surface area contributed by atoms with Crippen molar-refractivity contribution in [1.82, 2.24) is 19.1 Å². The summed E-state index contributed by atoms with van der Waals surface area (Å²) in [4.78, 5) is 11.2. The topological polar surface area (TPSA) is 35.6 Å². The van der Waals surface area contributed by atoms with Crippen LogP contribution in [0, 0.1) is 0 Å². The van der Waals surface area contributed by atoms with Crippen molar-refractivity contribution in [3.63, 3.8) is 0 Å². The van der Waals surface area contributed by atoms with Gasteiger partial charge in [-0.1, -0.05) is 194 Å². The van der Waals surface area contributed by atoms with E-state index in [-0.39, 0.29) is 0 Å². The largest absolute Gasteiger partial charge is 0.292 e. The second-order valence-electron chi connectivity index (χ2n) is 18.9. The van der Waals surface area contributed by atoms with Crippen molar-refractivity contribution in [2.75, 3.05) is 0 Å². The van der Waals surface area contributed by atoms with Gasteiger partial charge in [0.25, 0.3) is 0 Å². The standard InChI is InChI=1S/C66H38N4/c1-3-11-47-37-49(27-21-39(47)9-1)65-67-61-53-17-5-13-43-23-25-45-15-7-19-55(59(45)57(43)53)63(61)69(65)51-33-29-41(30-34-51)42-31-35-52(36-32-42)70-64-56-20-8-16-46-26-24-44-14-6-18-54(58(44)60(46)56)62(64)68-66(70)50-28-22-40-10-2-4-12-48(40)38-50/h1-38H. The third-order valence-corrected chi connectivity index (χ3v) is 15.1. The van der Waals surface area contributed by atoms with Crippen LogP contribution >= 0.6 is 0 Å². The van der Waals surface area contributed by atoms with Crippen LogP contribution in [0.1, 0.15) is 0 Å². The molecule has 0 N–H and O–H groups in total. The number of fused-ring (bicyclic) bond motifs is 8. The third kappa shape index (κ3) is 5.25. The van der Waals surface area contributed by atoms with Gasteiger partial charge in [0, 0.05) is 44.0 Å². The molecule has 70 heavy (non-hydrogen) atoms. The first-order chi connectivity index (χ1) is 34.7. The van der Waals surface area contributed by atoms with Crippen LogP contribution in [0.25, 0.3) is 154 Å². The van der Waals surface area contributed by atoms with Crippen LogP contribution in [-0.4, -0.2) is 19.1 Å². The molecule has 14 aromatic carbocycles. The SMILES string of the molecule is c1ccc2cc(-c3nc4c5cccc6ccc7cccc(c7c65)c4n3-c3ccc(-c4ccc(-n5c(-c6ccc7ccccc7c6)nc6c7cccc8ccc9cccc(c9c87)c65)cc4)cc3)ccc2c1. The molecular formula is C66H38N4. The number of hydrogen-bond acceptors (Lipinski definition) is 2. The van der Waals surface area contributed by atoms with Gasteiger partial charge in [0.05, 0.1) is 22.1 Å². The Kier molecular flexibility index (Phi) is 7.58. The van der Waals surface area contributed by atoms with Gasteiger partial charge in [-0.2, -0.15) is 0 Å². The Hall–Kier alpha value is -9.38. The fraction of sp³-hybridized carbons (Fsp3) is 0. The van der Waals surface area contributed by atoms with Gasteiger partial charge in [-0.3, -0.25) is 9.13 Å². The van der Waals surface area contributed by atoms with E-state index in [9.17, 15) is 0 Å². The van der Waals surface area contributed by atoms with E-state index < -0.39 is 0 Å². The van der Waals surface area contributed by atoms with E-state index in [1.807, 2.05) is 0 Å². The molecule has 322 valence electrons. The fourth-order valence-corrected chi connectivity index (χ4v) is 12.0. The lowest BCUT2D eigenvalue weighted by molar-refractivity contribution is 1.10. The molecule has 0 radical (unpaired) electrons. The number of nitrogens with zero attached hydrogens (tertiary/aromatic N) is 4. The molecule has 4 nitrogen and oxygen atoms in total. The highest BCUT2D eigenvalue weighted by Crippen LogP contribution is 2.46. The van der Waals surface area contributed by atoms with Crippen LogP contribution in [0.15, 0.2) is 231 Å². The second-order valence-corrected chi connectivity index (χ2v) is 18.9. The molecule has 0 fully saturated rings. The lowest BCUT2D eigenvalue weighted by Gasteiger charge is -2.16. The highest BCUT2D eigenvalue weighted by atomic mass is 15.1. The Morgan fingerprint density at radius 2 is 0.557 bits per heavy atom. The molecule has 16 rings (SSSR count). The minimum absolute atomic E-state index is 0.926. The first kappa shape index (κ1) is 37.7. The van der Waals surface area contributed by atoms with Gasteiger partial charge in [0.1, 0.15) is 11.6 Å². The normalized spacial score (nSPS) is 12.3. The molecule has 0 amide bonds. The zero-order chi connectivity index (χ0) is 45.6. The zero-order valence-corrected chi connectivity index (χ0v) is 37.7. The molecule has 0 atom stereocenters. The number of benzene rings is 14. The maximum atomic E-state index is 5.60. The molecule has 0 aliphatic rings. The van der Waals surface area contributed by atoms with Gasteiger partial charge in [-0.25, -0.2) is 9.97 Å². The second kappa shape index (κ2) is 14.1. The van der Waals surface area contributed by atoms with Crippen LogP contribution in [-0.2, 0) is 0 Å². The van der Waals surface area contributed by atoms with Crippen LogP contribution < -0.4 is 0 Å². The number of aromatic nitrogens is 4. The van der Waals surface area contributed by atoms with Gasteiger partial charge >= 0.3 is 0 Å². The predicted molar refractivity (Wildman–Crippen MR) is 294 cm³/mol. The third-order valence-electron chi connectivity index (χ3n) is 15.1. The summed E-state index contributed by atoms with van der Waals surface area (Å²) in [5.74, 6) is 1.85. The van der Waals surface area contributed by atoms with E-state index in [1.54, 1.807) is 0 Å². The molecule has 0 saturated carbocycles. The molecule has 0 saturated heterocycles. The summed E-state index contributed by atoms with van der Waals surface area (Å²) in [6.07, 6.45) is 0. The van der Waals surface area contributed by atoms with Gasteiger partial charge in [-0.15, -0.1) is 0 Å². The Balaban J connectivity index is 0.876. The summed E-state index contributed by atoms with van der Waals surface area (Å²) >= 11 is 0. The number of imidazole rings is 2. The minimum Gasteiger partial charge on any atom is -0.292 e. The van der Waals surface area contributed by atoms with Gasteiger partial charge in [0.15, 0.2) is 0 Å². The van der Waals surface area contributed by atoms with E-state index in [2.05, 4.69) is 240 Å². The van der Waals surface area contributed by atoms with Crippen molar-refractivity contribution in [2.24, 2.45) is 0 Å². The zero-order valence-electron chi connectivity index (χ0n) is 37.7. The lowest BCUT2D eigenvalue weighted by atomic mass is 9.93. The first-order valence-electron chi connectivity index (χ1n) is 24.1. The van der Waals surface area contributed by atoms with Gasteiger partial charge in [0.2, 0.25) is 0 Å². The summed E-state index contributed by atoms with van der Waals surface area (Å²) in [5.41, 5.74) is 10.8. The average Bonchev–Trinajstić information content (AvgIpc) is 4.04. The van der Waals surface area contributed by atoms with E-state index in [1.165, 1.54) is 86.2 Å². The van der Waals surface area contributed by atoms with E-state index in [0.29, 0.717) is 0 Å². The monoisotopic (exact) mass is 886 g/mol. The fourth-order valence-electron chi connectivity index (χ4n) is 12.0. The maximum absolute atomic E-state index is 5.60. The summed E-state index contributed by atoms with van der Waals surface area (Å²) < 4.78 is 4.79. The van der Waals surface area contributed by atoms with Crippen LogP contribution in [0.4, 0.5) is 0 Å². The Morgan fingerprint density at radius 3 is 0.957 bits per heavy atom. The Morgan fingerprint density at radius 1 is 0.243 bits per heavy atom. The molecular weight excluding hydrogens is 849 g/mol. The Bertz CT molecular complexity index is 4500. The van der Waals surface area contributed by atoms with Crippen LogP contribution in [0.3, 0.4) is 0 Å². The van der Waals surface area contributed by atoms with E-state index in [0.717, 1.165) is 67.3 Å². The Labute approximate surface area is 401 Å². The van der Waals surface area contributed by atoms with Crippen LogP contribution in [0.5, 0.6) is 0 Å². The predicted octanol–water partition coefficient (Wildman–Crippen LogP) is 17.5. The van der Waals surface area contributed by atoms with Crippen molar-refractivity contribution in [2.45, 2.75) is 0 Å². The molecule has 0 spiro atoms. The molecule has 16 aromatic rings. The quantitative estimate of drug-likeness (QED) is 0.161. The highest BCUT2D eigenvalue weighted by Gasteiger charge is 2.24. The molecule has 2 aromatic heterocycles. The summed E-state index contributed by atoms with van der Waals surface area (Å²) in [6.45, 7) is 0. The number of hydrogen-bond donors (Lipinski definition) is 0. The summed E-state index contributed by atoms with van der Waals surface area (Å²) in [7, 11) is 0.